The molecular weight excluding hydrogens is 426 g/mol. The van der Waals surface area contributed by atoms with Gasteiger partial charge >= 0.3 is 6.03 Å². The van der Waals surface area contributed by atoms with E-state index in [-0.39, 0.29) is 6.03 Å². The minimum absolute atomic E-state index is 0.158. The summed E-state index contributed by atoms with van der Waals surface area (Å²) < 4.78 is 27.6. The lowest BCUT2D eigenvalue weighted by Crippen LogP contribution is -2.49. The molecule has 3 amide bonds. The van der Waals surface area contributed by atoms with Gasteiger partial charge in [0.25, 0.3) is 5.91 Å². The minimum Gasteiger partial charge on any atom is -0.322 e. The van der Waals surface area contributed by atoms with Crippen molar-refractivity contribution in [2.45, 2.75) is 13.0 Å². The number of carbonyl (C=O) groups excluding carboxylic acids is 2. The average molecular weight is 446 g/mol. The van der Waals surface area contributed by atoms with Crippen LogP contribution in [-0.4, -0.2) is 29.9 Å². The van der Waals surface area contributed by atoms with Gasteiger partial charge in [-0.25, -0.2) is 13.6 Å². The zero-order valence-electron chi connectivity index (χ0n) is 17.6. The molecule has 3 aromatic rings. The lowest BCUT2D eigenvalue weighted by Gasteiger charge is -2.35. The minimum atomic E-state index is -0.941. The Hall–Kier alpha value is -4.25. The van der Waals surface area contributed by atoms with E-state index in [9.17, 15) is 18.4 Å². The molecule has 1 fully saturated rings. The molecule has 8 heteroatoms. The quantitative estimate of drug-likeness (QED) is 0.604. The van der Waals surface area contributed by atoms with Gasteiger partial charge in [0.15, 0.2) is 0 Å². The molecule has 4 rings (SSSR count). The second kappa shape index (κ2) is 9.49. The summed E-state index contributed by atoms with van der Waals surface area (Å²) in [5.41, 5.74) is 1.76. The first-order valence-corrected chi connectivity index (χ1v) is 10.4. The van der Waals surface area contributed by atoms with E-state index in [0.717, 1.165) is 24.1 Å². The molecular formula is C25H20F2N4O2. The molecule has 0 atom stereocenters. The fraction of sp³-hybridized carbons (Fsp3) is 0.160. The summed E-state index contributed by atoms with van der Waals surface area (Å²) in [4.78, 5) is 28.7. The predicted octanol–water partition coefficient (Wildman–Crippen LogP) is 4.92. The van der Waals surface area contributed by atoms with Crippen LogP contribution in [0, 0.1) is 23.0 Å². The zero-order valence-corrected chi connectivity index (χ0v) is 17.6. The first-order valence-electron chi connectivity index (χ1n) is 10.4. The van der Waals surface area contributed by atoms with Crippen molar-refractivity contribution in [3.8, 4) is 6.07 Å². The standard InChI is InChI=1S/C25H20F2N4O2/c26-21-6-2-7-22(27)23(21)24(32)29-19-8-10-20(11-9-19)31-13-3-12-30(25(31)33)16-18-5-1-4-17(14-18)15-28/h1-2,4-11,14H,3,12-13,16H2,(H,29,32). The molecule has 0 unspecified atom stereocenters. The van der Waals surface area contributed by atoms with E-state index in [1.807, 2.05) is 6.07 Å². The highest BCUT2D eigenvalue weighted by Gasteiger charge is 2.27. The summed E-state index contributed by atoms with van der Waals surface area (Å²) in [5.74, 6) is -2.77. The third-order valence-corrected chi connectivity index (χ3v) is 5.37. The fourth-order valence-electron chi connectivity index (χ4n) is 3.76. The molecule has 0 saturated carbocycles. The maximum atomic E-state index is 13.8. The Kier molecular flexibility index (Phi) is 6.31. The van der Waals surface area contributed by atoms with Gasteiger partial charge in [0.2, 0.25) is 0 Å². The van der Waals surface area contributed by atoms with Gasteiger partial charge < -0.3 is 10.2 Å². The van der Waals surface area contributed by atoms with E-state index < -0.39 is 23.1 Å². The van der Waals surface area contributed by atoms with E-state index in [2.05, 4.69) is 11.4 Å². The van der Waals surface area contributed by atoms with Crippen LogP contribution in [0.5, 0.6) is 0 Å². The highest BCUT2D eigenvalue weighted by molar-refractivity contribution is 6.04. The van der Waals surface area contributed by atoms with Crippen molar-refractivity contribution in [2.24, 2.45) is 0 Å². The maximum absolute atomic E-state index is 13.8. The first-order chi connectivity index (χ1) is 16.0. The number of amides is 3. The summed E-state index contributed by atoms with van der Waals surface area (Å²) >= 11 is 0. The number of nitrogens with zero attached hydrogens (tertiary/aromatic N) is 3. The van der Waals surface area contributed by atoms with Gasteiger partial charge in [0.1, 0.15) is 17.2 Å². The molecule has 3 aromatic carbocycles. The lowest BCUT2D eigenvalue weighted by atomic mass is 10.1. The number of hydrogen-bond acceptors (Lipinski definition) is 3. The van der Waals surface area contributed by atoms with Crippen LogP contribution in [0.25, 0.3) is 0 Å². The lowest BCUT2D eigenvalue weighted by molar-refractivity contribution is 0.101. The Morgan fingerprint density at radius 3 is 2.39 bits per heavy atom. The van der Waals surface area contributed by atoms with Gasteiger partial charge in [-0.1, -0.05) is 18.2 Å². The molecule has 166 valence electrons. The molecule has 1 saturated heterocycles. The number of carbonyl (C=O) groups is 2. The number of nitriles is 1. The van der Waals surface area contributed by atoms with Crippen molar-refractivity contribution in [2.75, 3.05) is 23.3 Å². The van der Waals surface area contributed by atoms with Crippen LogP contribution in [-0.2, 0) is 6.54 Å². The largest absolute Gasteiger partial charge is 0.324 e. The molecule has 33 heavy (non-hydrogen) atoms. The molecule has 0 aromatic heterocycles. The zero-order chi connectivity index (χ0) is 23.4. The molecule has 0 aliphatic carbocycles. The molecule has 6 nitrogen and oxygen atoms in total. The fourth-order valence-corrected chi connectivity index (χ4v) is 3.76. The van der Waals surface area contributed by atoms with Crippen LogP contribution in [0.3, 0.4) is 0 Å². The van der Waals surface area contributed by atoms with Crippen molar-refractivity contribution in [3.05, 3.63) is 95.1 Å². The smallest absolute Gasteiger partial charge is 0.322 e. The van der Waals surface area contributed by atoms with Crippen molar-refractivity contribution in [3.63, 3.8) is 0 Å². The van der Waals surface area contributed by atoms with Crippen LogP contribution in [0.1, 0.15) is 27.9 Å². The first kappa shape index (κ1) is 22.0. The second-order valence-corrected chi connectivity index (χ2v) is 7.62. The van der Waals surface area contributed by atoms with Gasteiger partial charge in [-0.2, -0.15) is 5.26 Å². The van der Waals surface area contributed by atoms with Crippen LogP contribution in [0.2, 0.25) is 0 Å². The van der Waals surface area contributed by atoms with Crippen molar-refractivity contribution < 1.29 is 18.4 Å². The molecule has 0 bridgehead atoms. The molecule has 0 radical (unpaired) electrons. The third-order valence-electron chi connectivity index (χ3n) is 5.37. The SMILES string of the molecule is N#Cc1cccc(CN2CCCN(c3ccc(NC(=O)c4c(F)cccc4F)cc3)C2=O)c1. The average Bonchev–Trinajstić information content (AvgIpc) is 2.81. The number of benzene rings is 3. The van der Waals surface area contributed by atoms with Crippen LogP contribution < -0.4 is 10.2 Å². The number of urea groups is 1. The van der Waals surface area contributed by atoms with Crippen LogP contribution in [0.15, 0.2) is 66.7 Å². The van der Waals surface area contributed by atoms with Gasteiger partial charge in [-0.15, -0.1) is 0 Å². The van der Waals surface area contributed by atoms with E-state index in [1.165, 1.54) is 6.07 Å². The van der Waals surface area contributed by atoms with Gasteiger partial charge in [-0.3, -0.25) is 9.69 Å². The number of nitrogens with one attached hydrogen (secondary N) is 1. The third kappa shape index (κ3) is 4.83. The van der Waals surface area contributed by atoms with Crippen molar-refractivity contribution >= 4 is 23.3 Å². The van der Waals surface area contributed by atoms with Crippen LogP contribution >= 0.6 is 0 Å². The molecule has 1 aliphatic heterocycles. The second-order valence-electron chi connectivity index (χ2n) is 7.62. The van der Waals surface area contributed by atoms with Crippen molar-refractivity contribution in [1.29, 1.82) is 5.26 Å². The molecule has 0 spiro atoms. The number of anilines is 2. The predicted molar refractivity (Wildman–Crippen MR) is 120 cm³/mol. The topological polar surface area (TPSA) is 76.4 Å². The van der Waals surface area contributed by atoms with Crippen molar-refractivity contribution in [1.82, 2.24) is 4.90 Å². The molecule has 1 aliphatic rings. The Bertz CT molecular complexity index is 1220. The molecule has 1 heterocycles. The Morgan fingerprint density at radius 2 is 1.70 bits per heavy atom. The Labute approximate surface area is 189 Å². The van der Waals surface area contributed by atoms with E-state index >= 15 is 0 Å². The van der Waals surface area contributed by atoms with Crippen LogP contribution in [0.4, 0.5) is 25.0 Å². The number of halogens is 2. The molecule has 1 N–H and O–H groups in total. The highest BCUT2D eigenvalue weighted by atomic mass is 19.1. The van der Waals surface area contributed by atoms with Gasteiger partial charge in [0, 0.05) is 31.0 Å². The number of hydrogen-bond donors (Lipinski definition) is 1. The normalized spacial score (nSPS) is 13.5. The van der Waals surface area contributed by atoms with Gasteiger partial charge in [-0.05, 0) is 60.5 Å². The monoisotopic (exact) mass is 446 g/mol. The summed E-state index contributed by atoms with van der Waals surface area (Å²) in [5, 5.41) is 11.6. The number of rotatable bonds is 5. The Morgan fingerprint density at radius 1 is 1.00 bits per heavy atom. The van der Waals surface area contributed by atoms with E-state index in [1.54, 1.807) is 52.3 Å². The maximum Gasteiger partial charge on any atom is 0.324 e. The van der Waals surface area contributed by atoms with E-state index in [0.29, 0.717) is 36.6 Å². The summed E-state index contributed by atoms with van der Waals surface area (Å²) in [7, 11) is 0. The summed E-state index contributed by atoms with van der Waals surface area (Å²) in [6.07, 6.45) is 0.773. The highest BCUT2D eigenvalue weighted by Crippen LogP contribution is 2.24. The van der Waals surface area contributed by atoms with Gasteiger partial charge in [0.05, 0.1) is 11.6 Å². The summed E-state index contributed by atoms with van der Waals surface area (Å²) in [6, 6.07) is 18.8. The Balaban J connectivity index is 1.45. The summed E-state index contributed by atoms with van der Waals surface area (Å²) in [6.45, 7) is 1.54. The van der Waals surface area contributed by atoms with E-state index in [4.69, 9.17) is 5.26 Å².